The third kappa shape index (κ3) is 6.82. The second-order valence-electron chi connectivity index (χ2n) is 5.95. The van der Waals surface area contributed by atoms with Crippen molar-refractivity contribution in [3.8, 4) is 0 Å². The molecule has 1 aliphatic rings. The van der Waals surface area contributed by atoms with Crippen LogP contribution in [0.1, 0.15) is 30.5 Å². The number of ether oxygens (including phenoxy) is 1. The van der Waals surface area contributed by atoms with Gasteiger partial charge in [0.1, 0.15) is 5.01 Å². The lowest BCUT2D eigenvalue weighted by Crippen LogP contribution is -2.44. The van der Waals surface area contributed by atoms with Crippen molar-refractivity contribution in [2.24, 2.45) is 10.4 Å². The molecule has 26 heavy (non-hydrogen) atoms. The molecule has 0 aromatic carbocycles. The van der Waals surface area contributed by atoms with Gasteiger partial charge in [0.25, 0.3) is 0 Å². The quantitative estimate of drug-likeness (QED) is 0.300. The van der Waals surface area contributed by atoms with Gasteiger partial charge >= 0.3 is 6.18 Å². The Kier molecular flexibility index (Phi) is 9.55. The number of thiazole rings is 1. The van der Waals surface area contributed by atoms with E-state index in [9.17, 15) is 18.3 Å². The highest BCUT2D eigenvalue weighted by molar-refractivity contribution is 14.0. The van der Waals surface area contributed by atoms with Gasteiger partial charge in [-0.2, -0.15) is 13.2 Å². The van der Waals surface area contributed by atoms with Crippen molar-refractivity contribution in [1.29, 1.82) is 0 Å². The second kappa shape index (κ2) is 10.6. The van der Waals surface area contributed by atoms with E-state index in [1.807, 2.05) is 6.92 Å². The summed E-state index contributed by atoms with van der Waals surface area (Å²) in [4.78, 5) is 7.88. The average molecular weight is 508 g/mol. The van der Waals surface area contributed by atoms with Gasteiger partial charge in [0.2, 0.25) is 0 Å². The molecule has 1 atom stereocenters. The highest BCUT2D eigenvalue weighted by atomic mass is 127. The van der Waals surface area contributed by atoms with E-state index in [1.165, 1.54) is 0 Å². The van der Waals surface area contributed by atoms with E-state index in [-0.39, 0.29) is 42.5 Å². The molecule has 11 heteroatoms. The lowest BCUT2D eigenvalue weighted by molar-refractivity contribution is -0.140. The van der Waals surface area contributed by atoms with Crippen LogP contribution in [0, 0.1) is 5.41 Å². The third-order valence-electron chi connectivity index (χ3n) is 4.02. The maximum atomic E-state index is 12.6. The number of hydrogen-bond acceptors (Lipinski definition) is 5. The lowest BCUT2D eigenvalue weighted by Gasteiger charge is -2.27. The maximum absolute atomic E-state index is 12.6. The standard InChI is InChI=1S/C15H23F3N4O2S.HI/c1-2-19-13(21-9-14(3-5-23)4-6-24-10-14)20-7-12-22-11(8-25-12)15(16,17)18;/h8,23H,2-7,9-10H2,1H3,(H2,19,20,21);1H. The fourth-order valence-corrected chi connectivity index (χ4v) is 3.31. The fraction of sp³-hybridized carbons (Fsp3) is 0.733. The Morgan fingerprint density at radius 2 is 2.23 bits per heavy atom. The van der Waals surface area contributed by atoms with E-state index >= 15 is 0 Å². The third-order valence-corrected chi connectivity index (χ3v) is 4.85. The molecule has 1 aliphatic heterocycles. The zero-order valence-corrected chi connectivity index (χ0v) is 17.6. The van der Waals surface area contributed by atoms with E-state index in [1.54, 1.807) is 0 Å². The molecule has 2 heterocycles. The van der Waals surface area contributed by atoms with E-state index in [0.29, 0.717) is 43.7 Å². The average Bonchev–Trinajstić information content (AvgIpc) is 3.20. The smallest absolute Gasteiger partial charge is 0.396 e. The lowest BCUT2D eigenvalue weighted by atomic mass is 9.84. The molecule has 1 aromatic rings. The Labute approximate surface area is 171 Å². The van der Waals surface area contributed by atoms with Gasteiger partial charge in [-0.15, -0.1) is 35.3 Å². The van der Waals surface area contributed by atoms with Crippen LogP contribution in [0.3, 0.4) is 0 Å². The molecule has 6 nitrogen and oxygen atoms in total. The predicted molar refractivity (Wildman–Crippen MR) is 105 cm³/mol. The van der Waals surface area contributed by atoms with Crippen LogP contribution >= 0.6 is 35.3 Å². The molecule has 0 saturated carbocycles. The van der Waals surface area contributed by atoms with Crippen LogP contribution in [0.5, 0.6) is 0 Å². The Hall–Kier alpha value is -0.660. The molecule has 1 aromatic heterocycles. The van der Waals surface area contributed by atoms with Gasteiger partial charge in [-0.25, -0.2) is 9.98 Å². The molecule has 150 valence electrons. The number of halogens is 4. The molecule has 1 fully saturated rings. The number of aliphatic hydroxyl groups excluding tert-OH is 1. The minimum absolute atomic E-state index is 0. The van der Waals surface area contributed by atoms with E-state index in [2.05, 4.69) is 20.6 Å². The van der Waals surface area contributed by atoms with Gasteiger partial charge in [-0.3, -0.25) is 0 Å². The molecule has 0 bridgehead atoms. The van der Waals surface area contributed by atoms with Crippen molar-refractivity contribution < 1.29 is 23.0 Å². The van der Waals surface area contributed by atoms with Crippen molar-refractivity contribution in [3.05, 3.63) is 16.1 Å². The summed E-state index contributed by atoms with van der Waals surface area (Å²) in [6.45, 7) is 4.49. The first kappa shape index (κ1) is 23.4. The summed E-state index contributed by atoms with van der Waals surface area (Å²) in [7, 11) is 0. The van der Waals surface area contributed by atoms with Crippen molar-refractivity contribution in [1.82, 2.24) is 15.6 Å². The van der Waals surface area contributed by atoms with Gasteiger partial charge in [-0.05, 0) is 19.8 Å². The summed E-state index contributed by atoms with van der Waals surface area (Å²) in [6, 6.07) is 0. The zero-order valence-electron chi connectivity index (χ0n) is 14.4. The SMILES string of the molecule is CCNC(=NCc1nc(C(F)(F)F)cs1)NCC1(CCO)CCOC1.I. The molecule has 3 N–H and O–H groups in total. The number of aromatic nitrogens is 1. The summed E-state index contributed by atoms with van der Waals surface area (Å²) in [5, 5.41) is 16.8. The summed E-state index contributed by atoms with van der Waals surface area (Å²) in [5.74, 6) is 0.510. The Morgan fingerprint density at radius 3 is 2.77 bits per heavy atom. The number of alkyl halides is 3. The second-order valence-corrected chi connectivity index (χ2v) is 6.89. The molecule has 0 aliphatic carbocycles. The van der Waals surface area contributed by atoms with Crippen LogP contribution in [0.25, 0.3) is 0 Å². The molecule has 0 amide bonds. The van der Waals surface area contributed by atoms with E-state index < -0.39 is 11.9 Å². The minimum Gasteiger partial charge on any atom is -0.396 e. The summed E-state index contributed by atoms with van der Waals surface area (Å²) in [6.07, 6.45) is -2.96. The van der Waals surface area contributed by atoms with Crippen LogP contribution in [0.15, 0.2) is 10.4 Å². The molecule has 0 spiro atoms. The number of rotatable bonds is 7. The molecule has 0 radical (unpaired) electrons. The summed E-state index contributed by atoms with van der Waals surface area (Å²) < 4.78 is 43.2. The largest absolute Gasteiger partial charge is 0.434 e. The molecule has 1 unspecified atom stereocenters. The van der Waals surface area contributed by atoms with Gasteiger partial charge in [0, 0.05) is 37.1 Å². The molecular weight excluding hydrogens is 484 g/mol. The number of guanidine groups is 1. The maximum Gasteiger partial charge on any atom is 0.434 e. The number of hydrogen-bond donors (Lipinski definition) is 3. The Balaban J connectivity index is 0.00000338. The van der Waals surface area contributed by atoms with Gasteiger partial charge in [-0.1, -0.05) is 0 Å². The molecule has 2 rings (SSSR count). The highest BCUT2D eigenvalue weighted by Crippen LogP contribution is 2.31. The Bertz CT molecular complexity index is 577. The normalized spacial score (nSPS) is 20.7. The van der Waals surface area contributed by atoms with Crippen molar-refractivity contribution >= 4 is 41.3 Å². The number of nitrogens with one attached hydrogen (secondary N) is 2. The monoisotopic (exact) mass is 508 g/mol. The molecule has 1 saturated heterocycles. The van der Waals surface area contributed by atoms with E-state index in [0.717, 1.165) is 23.1 Å². The topological polar surface area (TPSA) is 78.8 Å². The number of aliphatic hydroxyl groups is 1. The van der Waals surface area contributed by atoms with Crippen molar-refractivity contribution in [3.63, 3.8) is 0 Å². The highest BCUT2D eigenvalue weighted by Gasteiger charge is 2.35. The number of aliphatic imine (C=N–C) groups is 1. The first-order valence-electron chi connectivity index (χ1n) is 8.11. The van der Waals surface area contributed by atoms with Crippen LogP contribution < -0.4 is 10.6 Å². The Morgan fingerprint density at radius 1 is 1.46 bits per heavy atom. The van der Waals surface area contributed by atoms with Crippen molar-refractivity contribution in [2.75, 3.05) is 32.9 Å². The van der Waals surface area contributed by atoms with E-state index in [4.69, 9.17) is 4.74 Å². The van der Waals surface area contributed by atoms with Crippen LogP contribution in [-0.2, 0) is 17.5 Å². The fourth-order valence-electron chi connectivity index (χ4n) is 2.59. The minimum atomic E-state index is -4.43. The first-order valence-corrected chi connectivity index (χ1v) is 8.99. The van der Waals surface area contributed by atoms with Gasteiger partial charge in [0.15, 0.2) is 11.7 Å². The summed E-state index contributed by atoms with van der Waals surface area (Å²) in [5.41, 5.74) is -1.03. The molecular formula is C15H24F3IN4O2S. The predicted octanol–water partition coefficient (Wildman–Crippen LogP) is 2.62. The number of nitrogens with zero attached hydrogens (tertiary/aromatic N) is 2. The van der Waals surface area contributed by atoms with Gasteiger partial charge < -0.3 is 20.5 Å². The van der Waals surface area contributed by atoms with Gasteiger partial charge in [0.05, 0.1) is 13.2 Å². The van der Waals surface area contributed by atoms with Crippen molar-refractivity contribution in [2.45, 2.75) is 32.5 Å². The zero-order chi connectivity index (χ0) is 18.3. The first-order chi connectivity index (χ1) is 11.9. The van der Waals surface area contributed by atoms with Crippen LogP contribution in [-0.4, -0.2) is 49.0 Å². The van der Waals surface area contributed by atoms with Crippen LogP contribution in [0.4, 0.5) is 13.2 Å². The van der Waals surface area contributed by atoms with Crippen LogP contribution in [0.2, 0.25) is 0 Å². The summed E-state index contributed by atoms with van der Waals surface area (Å²) >= 11 is 0.940.